The molecule has 0 aliphatic carbocycles. The van der Waals surface area contributed by atoms with Gasteiger partial charge in [-0.05, 0) is 55.0 Å². The number of hydrogen-bond acceptors (Lipinski definition) is 6. The quantitative estimate of drug-likeness (QED) is 0.299. The molecule has 0 atom stereocenters. The molecule has 6 nitrogen and oxygen atoms in total. The molecule has 1 amide bonds. The average Bonchev–Trinajstić information content (AvgIpc) is 3.12. The maximum absolute atomic E-state index is 13.9. The van der Waals surface area contributed by atoms with Crippen LogP contribution >= 0.6 is 24.0 Å². The lowest BCUT2D eigenvalue weighted by Crippen LogP contribution is -2.27. The summed E-state index contributed by atoms with van der Waals surface area (Å²) in [5, 5.41) is 9.25. The topological polar surface area (TPSA) is 76.1 Å². The molecule has 4 rings (SSSR count). The summed E-state index contributed by atoms with van der Waals surface area (Å²) in [4.78, 5) is 26.1. The van der Waals surface area contributed by atoms with Gasteiger partial charge in [-0.25, -0.2) is 9.18 Å². The molecule has 1 fully saturated rings. The summed E-state index contributed by atoms with van der Waals surface area (Å²) in [6, 6.07) is 17.6. The van der Waals surface area contributed by atoms with Crippen LogP contribution in [-0.4, -0.2) is 27.9 Å². The molecule has 3 aromatic carbocycles. The summed E-state index contributed by atoms with van der Waals surface area (Å²) in [6.07, 6.45) is 1.68. The van der Waals surface area contributed by atoms with E-state index < -0.39 is 5.97 Å². The summed E-state index contributed by atoms with van der Waals surface area (Å²) >= 11 is 6.51. The van der Waals surface area contributed by atoms with Crippen molar-refractivity contribution in [3.63, 3.8) is 0 Å². The molecule has 1 aliphatic rings. The van der Waals surface area contributed by atoms with E-state index in [1.807, 2.05) is 6.92 Å². The molecule has 1 N–H and O–H groups in total. The van der Waals surface area contributed by atoms with Crippen molar-refractivity contribution >= 4 is 51.9 Å². The van der Waals surface area contributed by atoms with Gasteiger partial charge in [0.2, 0.25) is 0 Å². The Hall–Kier alpha value is -3.69. The number of thioether (sulfide) groups is 1. The third-order valence-electron chi connectivity index (χ3n) is 5.05. The molecular formula is C26H20FNO5S2. The Balaban J connectivity index is 1.57. The zero-order valence-corrected chi connectivity index (χ0v) is 20.2. The van der Waals surface area contributed by atoms with E-state index in [1.165, 1.54) is 23.1 Å². The van der Waals surface area contributed by atoms with E-state index in [2.05, 4.69) is 0 Å². The van der Waals surface area contributed by atoms with E-state index in [0.29, 0.717) is 44.1 Å². The molecule has 1 heterocycles. The van der Waals surface area contributed by atoms with Crippen LogP contribution in [0.4, 0.5) is 10.1 Å². The summed E-state index contributed by atoms with van der Waals surface area (Å²) < 4.78 is 25.7. The second-order valence-electron chi connectivity index (χ2n) is 7.39. The molecular weight excluding hydrogens is 489 g/mol. The Morgan fingerprint density at radius 1 is 1.09 bits per heavy atom. The number of carbonyl (C=O) groups is 2. The highest BCUT2D eigenvalue weighted by Crippen LogP contribution is 2.37. The van der Waals surface area contributed by atoms with Crippen LogP contribution in [0.25, 0.3) is 6.08 Å². The number of ether oxygens (including phenoxy) is 2. The predicted molar refractivity (Wildman–Crippen MR) is 137 cm³/mol. The molecule has 1 saturated heterocycles. The molecule has 0 radical (unpaired) electrons. The largest absolute Gasteiger partial charge is 0.490 e. The minimum atomic E-state index is -1.09. The molecule has 0 spiro atoms. The number of carbonyl (C=O) groups excluding carboxylic acids is 1. The van der Waals surface area contributed by atoms with E-state index in [9.17, 15) is 19.1 Å². The zero-order valence-electron chi connectivity index (χ0n) is 18.6. The van der Waals surface area contributed by atoms with Gasteiger partial charge in [0.1, 0.15) is 12.4 Å². The maximum Gasteiger partial charge on any atom is 0.335 e. The van der Waals surface area contributed by atoms with Crippen LogP contribution in [0.15, 0.2) is 71.6 Å². The number of amides is 1. The highest BCUT2D eigenvalue weighted by Gasteiger charge is 2.33. The van der Waals surface area contributed by atoms with Crippen molar-refractivity contribution in [2.24, 2.45) is 0 Å². The smallest absolute Gasteiger partial charge is 0.335 e. The first-order valence-electron chi connectivity index (χ1n) is 10.6. The van der Waals surface area contributed by atoms with Crippen molar-refractivity contribution < 1.29 is 28.6 Å². The number of thiocarbonyl (C=S) groups is 1. The first kappa shape index (κ1) is 24.4. The molecule has 9 heteroatoms. The van der Waals surface area contributed by atoms with Gasteiger partial charge in [0, 0.05) is 5.56 Å². The Morgan fingerprint density at radius 2 is 1.89 bits per heavy atom. The van der Waals surface area contributed by atoms with Crippen LogP contribution < -0.4 is 14.4 Å². The number of benzene rings is 3. The van der Waals surface area contributed by atoms with E-state index in [1.54, 1.807) is 54.6 Å². The van der Waals surface area contributed by atoms with Gasteiger partial charge in [0.15, 0.2) is 15.8 Å². The number of aromatic carboxylic acids is 1. The molecule has 1 aliphatic heterocycles. The van der Waals surface area contributed by atoms with Gasteiger partial charge in [-0.3, -0.25) is 9.69 Å². The van der Waals surface area contributed by atoms with Crippen LogP contribution in [0, 0.1) is 5.82 Å². The van der Waals surface area contributed by atoms with Crippen LogP contribution in [0.2, 0.25) is 0 Å². The number of halogens is 1. The lowest BCUT2D eigenvalue weighted by Gasteiger charge is -2.15. The van der Waals surface area contributed by atoms with Gasteiger partial charge < -0.3 is 14.6 Å². The monoisotopic (exact) mass is 509 g/mol. The maximum atomic E-state index is 13.9. The molecule has 178 valence electrons. The Kier molecular flexibility index (Phi) is 7.48. The van der Waals surface area contributed by atoms with Crippen molar-refractivity contribution in [1.82, 2.24) is 0 Å². The lowest BCUT2D eigenvalue weighted by molar-refractivity contribution is -0.113. The molecule has 0 aromatic heterocycles. The Morgan fingerprint density at radius 3 is 2.63 bits per heavy atom. The van der Waals surface area contributed by atoms with E-state index in [0.717, 1.165) is 11.8 Å². The number of carboxylic acids is 1. The lowest BCUT2D eigenvalue weighted by atomic mass is 10.1. The van der Waals surface area contributed by atoms with Gasteiger partial charge in [-0.15, -0.1) is 0 Å². The molecule has 0 bridgehead atoms. The summed E-state index contributed by atoms with van der Waals surface area (Å²) in [5.74, 6) is -0.875. The first-order valence-corrected chi connectivity index (χ1v) is 11.8. The summed E-state index contributed by atoms with van der Waals surface area (Å²) in [7, 11) is 0. The van der Waals surface area contributed by atoms with E-state index in [4.69, 9.17) is 21.7 Å². The highest BCUT2D eigenvalue weighted by atomic mass is 32.2. The van der Waals surface area contributed by atoms with Gasteiger partial charge in [-0.2, -0.15) is 0 Å². The van der Waals surface area contributed by atoms with Gasteiger partial charge in [-0.1, -0.05) is 54.3 Å². The normalized spacial score (nSPS) is 14.5. The number of anilines is 1. The minimum Gasteiger partial charge on any atom is -0.490 e. The van der Waals surface area contributed by atoms with Gasteiger partial charge in [0.05, 0.1) is 22.8 Å². The van der Waals surface area contributed by atoms with Crippen molar-refractivity contribution in [3.8, 4) is 11.5 Å². The van der Waals surface area contributed by atoms with Gasteiger partial charge in [0.25, 0.3) is 5.91 Å². The fraction of sp³-hybridized carbons (Fsp3) is 0.115. The summed E-state index contributed by atoms with van der Waals surface area (Å²) in [5.41, 5.74) is 1.57. The molecule has 0 saturated carbocycles. The van der Waals surface area contributed by atoms with Crippen molar-refractivity contribution in [2.75, 3.05) is 11.5 Å². The molecule has 35 heavy (non-hydrogen) atoms. The second-order valence-corrected chi connectivity index (χ2v) is 9.07. The van der Waals surface area contributed by atoms with Crippen LogP contribution in [-0.2, 0) is 11.4 Å². The fourth-order valence-electron chi connectivity index (χ4n) is 3.39. The third-order valence-corrected chi connectivity index (χ3v) is 6.35. The van der Waals surface area contributed by atoms with Crippen molar-refractivity contribution in [1.29, 1.82) is 0 Å². The predicted octanol–water partition coefficient (Wildman–Crippen LogP) is 5.91. The van der Waals surface area contributed by atoms with Crippen LogP contribution in [0.3, 0.4) is 0 Å². The highest BCUT2D eigenvalue weighted by molar-refractivity contribution is 8.27. The van der Waals surface area contributed by atoms with Crippen LogP contribution in [0.1, 0.15) is 28.4 Å². The van der Waals surface area contributed by atoms with E-state index in [-0.39, 0.29) is 23.9 Å². The van der Waals surface area contributed by atoms with E-state index >= 15 is 0 Å². The Labute approximate surface area is 211 Å². The average molecular weight is 510 g/mol. The second kappa shape index (κ2) is 10.7. The standard InChI is InChI=1S/C26H20FNO5S2/c1-2-32-22-12-16(10-11-21(22)33-15-18-6-3-4-9-20(18)27)13-23-24(29)28(26(34)35-23)19-8-5-7-17(14-19)25(30)31/h3-14H,2,15H2,1H3,(H,30,31). The number of rotatable bonds is 8. The number of carboxylic acid groups (broad SMARTS) is 1. The molecule has 3 aromatic rings. The third kappa shape index (κ3) is 5.52. The number of hydrogen-bond donors (Lipinski definition) is 1. The minimum absolute atomic E-state index is 0.0418. The van der Waals surface area contributed by atoms with Crippen LogP contribution in [0.5, 0.6) is 11.5 Å². The first-order chi connectivity index (χ1) is 16.9. The summed E-state index contributed by atoms with van der Waals surface area (Å²) in [6.45, 7) is 2.27. The van der Waals surface area contributed by atoms with Crippen molar-refractivity contribution in [2.45, 2.75) is 13.5 Å². The molecule has 0 unspecified atom stereocenters. The van der Waals surface area contributed by atoms with Crippen molar-refractivity contribution in [3.05, 3.63) is 94.1 Å². The zero-order chi connectivity index (χ0) is 24.9. The Bertz CT molecular complexity index is 1340. The number of nitrogens with zero attached hydrogens (tertiary/aromatic N) is 1. The SMILES string of the molecule is CCOc1cc(C=C2SC(=S)N(c3cccc(C(=O)O)c3)C2=O)ccc1OCc1ccccc1F. The fourth-order valence-corrected chi connectivity index (χ4v) is 4.69. The van der Waals surface area contributed by atoms with Gasteiger partial charge >= 0.3 is 5.97 Å².